The van der Waals surface area contributed by atoms with Gasteiger partial charge >= 0.3 is 0 Å². The Morgan fingerprint density at radius 3 is 2.66 bits per heavy atom. The highest BCUT2D eigenvalue weighted by molar-refractivity contribution is 8.13. The molecular formula is C24H27N5O2S. The summed E-state index contributed by atoms with van der Waals surface area (Å²) in [6.45, 7) is 4.98. The predicted octanol–water partition coefficient (Wildman–Crippen LogP) is 4.73. The molecule has 2 aromatic carbocycles. The van der Waals surface area contributed by atoms with Gasteiger partial charge in [-0.15, -0.1) is 0 Å². The van der Waals surface area contributed by atoms with Crippen LogP contribution < -0.4 is 20.5 Å². The average Bonchev–Trinajstić information content (AvgIpc) is 2.77. The number of hydrogen-bond acceptors (Lipinski definition) is 7. The third-order valence-corrected chi connectivity index (χ3v) is 6.11. The van der Waals surface area contributed by atoms with E-state index in [0.29, 0.717) is 18.3 Å². The first kappa shape index (κ1) is 22.0. The van der Waals surface area contributed by atoms with Crippen LogP contribution in [-0.2, 0) is 11.8 Å². The molecule has 8 heteroatoms. The standard InChI is InChI=1S/C24H27N5O2S/c1-24(2)13-15-14-27-23(29-21(15)19-12-18(30-3)8-9-20(19)24)28-16-4-6-17(7-5-16)31-10-11-32-22(25)26/h4-9,12,14H,10-11,13H2,1-3H3,(H3,25,26)(H,27,28,29). The van der Waals surface area contributed by atoms with Gasteiger partial charge in [-0.2, -0.15) is 0 Å². The van der Waals surface area contributed by atoms with Crippen molar-refractivity contribution in [3.63, 3.8) is 0 Å². The number of nitrogens with zero attached hydrogens (tertiary/aromatic N) is 2. The first-order valence-corrected chi connectivity index (χ1v) is 11.4. The monoisotopic (exact) mass is 449 g/mol. The van der Waals surface area contributed by atoms with Crippen molar-refractivity contribution in [2.24, 2.45) is 5.73 Å². The molecule has 32 heavy (non-hydrogen) atoms. The van der Waals surface area contributed by atoms with E-state index < -0.39 is 0 Å². The molecule has 0 atom stereocenters. The number of amidine groups is 1. The van der Waals surface area contributed by atoms with Crippen LogP contribution >= 0.6 is 11.8 Å². The zero-order chi connectivity index (χ0) is 22.7. The SMILES string of the molecule is COc1ccc2c(c1)-c1nc(Nc3ccc(OCCSC(=N)N)cc3)ncc1CC2(C)C. The van der Waals surface area contributed by atoms with Crippen molar-refractivity contribution in [2.75, 3.05) is 24.8 Å². The molecule has 166 valence electrons. The van der Waals surface area contributed by atoms with E-state index in [9.17, 15) is 0 Å². The summed E-state index contributed by atoms with van der Waals surface area (Å²) in [6.07, 6.45) is 2.80. The van der Waals surface area contributed by atoms with Crippen LogP contribution in [0.4, 0.5) is 11.6 Å². The predicted molar refractivity (Wildman–Crippen MR) is 130 cm³/mol. The summed E-state index contributed by atoms with van der Waals surface area (Å²) in [7, 11) is 1.68. The van der Waals surface area contributed by atoms with Gasteiger partial charge in [-0.05, 0) is 59.4 Å². The van der Waals surface area contributed by atoms with Gasteiger partial charge in [0.25, 0.3) is 0 Å². The van der Waals surface area contributed by atoms with Crippen molar-refractivity contribution in [3.8, 4) is 22.8 Å². The quantitative estimate of drug-likeness (QED) is 0.272. The fraction of sp³-hybridized carbons (Fsp3) is 0.292. The van der Waals surface area contributed by atoms with Crippen LogP contribution in [0.3, 0.4) is 0 Å². The lowest BCUT2D eigenvalue weighted by Gasteiger charge is -2.33. The van der Waals surface area contributed by atoms with Crippen LogP contribution in [0.5, 0.6) is 11.5 Å². The smallest absolute Gasteiger partial charge is 0.227 e. The molecule has 3 aromatic rings. The van der Waals surface area contributed by atoms with Crippen LogP contribution in [0.25, 0.3) is 11.3 Å². The van der Waals surface area contributed by atoms with Gasteiger partial charge in [0.15, 0.2) is 5.17 Å². The summed E-state index contributed by atoms with van der Waals surface area (Å²) in [6, 6.07) is 13.8. The zero-order valence-electron chi connectivity index (χ0n) is 18.4. The van der Waals surface area contributed by atoms with Crippen LogP contribution in [-0.4, -0.2) is 34.6 Å². The van der Waals surface area contributed by atoms with Crippen molar-refractivity contribution >= 4 is 28.6 Å². The van der Waals surface area contributed by atoms with E-state index in [4.69, 9.17) is 25.6 Å². The lowest BCUT2D eigenvalue weighted by Crippen LogP contribution is -2.26. The Kier molecular flexibility index (Phi) is 6.23. The lowest BCUT2D eigenvalue weighted by atomic mass is 9.72. The van der Waals surface area contributed by atoms with E-state index in [1.54, 1.807) is 7.11 Å². The number of nitrogens with one attached hydrogen (secondary N) is 2. The van der Waals surface area contributed by atoms with E-state index in [1.807, 2.05) is 36.5 Å². The number of anilines is 2. The summed E-state index contributed by atoms with van der Waals surface area (Å²) in [5, 5.41) is 10.6. The highest BCUT2D eigenvalue weighted by Gasteiger charge is 2.32. The molecule has 4 rings (SSSR count). The molecule has 0 radical (unpaired) electrons. The summed E-state index contributed by atoms with van der Waals surface area (Å²) in [4.78, 5) is 9.40. The van der Waals surface area contributed by atoms with E-state index >= 15 is 0 Å². The Balaban J connectivity index is 1.52. The molecular weight excluding hydrogens is 422 g/mol. The minimum atomic E-state index is 0.00562. The molecule has 1 heterocycles. The molecule has 0 fully saturated rings. The third-order valence-electron chi connectivity index (χ3n) is 5.43. The highest BCUT2D eigenvalue weighted by atomic mass is 32.2. The molecule has 0 amide bonds. The van der Waals surface area contributed by atoms with Crippen LogP contribution in [0, 0.1) is 5.41 Å². The van der Waals surface area contributed by atoms with Crippen molar-refractivity contribution in [1.82, 2.24) is 9.97 Å². The molecule has 7 nitrogen and oxygen atoms in total. The van der Waals surface area contributed by atoms with Gasteiger partial charge in [0, 0.05) is 23.2 Å². The van der Waals surface area contributed by atoms with Crippen LogP contribution in [0.2, 0.25) is 0 Å². The lowest BCUT2D eigenvalue weighted by molar-refractivity contribution is 0.344. The molecule has 0 bridgehead atoms. The van der Waals surface area contributed by atoms with Gasteiger partial charge in [-0.25, -0.2) is 9.97 Å². The Morgan fingerprint density at radius 1 is 1.19 bits per heavy atom. The summed E-state index contributed by atoms with van der Waals surface area (Å²) in [5.74, 6) is 2.76. The number of ether oxygens (including phenoxy) is 2. The number of benzene rings is 2. The first-order chi connectivity index (χ1) is 15.4. The molecule has 0 spiro atoms. The molecule has 1 aliphatic carbocycles. The van der Waals surface area contributed by atoms with Crippen molar-refractivity contribution in [1.29, 1.82) is 5.41 Å². The maximum atomic E-state index is 7.21. The minimum absolute atomic E-state index is 0.00562. The van der Waals surface area contributed by atoms with E-state index in [0.717, 1.165) is 40.4 Å². The summed E-state index contributed by atoms with van der Waals surface area (Å²) in [5.41, 5.74) is 10.6. The fourth-order valence-corrected chi connectivity index (χ4v) is 4.30. The van der Waals surface area contributed by atoms with Gasteiger partial charge in [0.05, 0.1) is 19.4 Å². The number of rotatable bonds is 7. The normalized spacial score (nSPS) is 13.6. The highest BCUT2D eigenvalue weighted by Crippen LogP contribution is 2.43. The number of nitrogens with two attached hydrogens (primary N) is 1. The van der Waals surface area contributed by atoms with E-state index in [2.05, 4.69) is 36.3 Å². The largest absolute Gasteiger partial charge is 0.497 e. The number of aromatic nitrogens is 2. The van der Waals surface area contributed by atoms with Gasteiger partial charge in [0.2, 0.25) is 5.95 Å². The zero-order valence-corrected chi connectivity index (χ0v) is 19.3. The molecule has 0 saturated heterocycles. The second kappa shape index (κ2) is 9.08. The Hall–Kier alpha value is -3.26. The second-order valence-electron chi connectivity index (χ2n) is 8.25. The topological polar surface area (TPSA) is 106 Å². The summed E-state index contributed by atoms with van der Waals surface area (Å²) >= 11 is 1.26. The Bertz CT molecular complexity index is 1130. The van der Waals surface area contributed by atoms with E-state index in [1.165, 1.54) is 17.3 Å². The second-order valence-corrected chi connectivity index (χ2v) is 9.39. The summed E-state index contributed by atoms with van der Waals surface area (Å²) < 4.78 is 11.1. The van der Waals surface area contributed by atoms with Gasteiger partial charge < -0.3 is 20.5 Å². The van der Waals surface area contributed by atoms with E-state index in [-0.39, 0.29) is 10.6 Å². The van der Waals surface area contributed by atoms with Crippen molar-refractivity contribution in [3.05, 3.63) is 59.8 Å². The van der Waals surface area contributed by atoms with Gasteiger partial charge in [0.1, 0.15) is 11.5 Å². The van der Waals surface area contributed by atoms with Crippen molar-refractivity contribution < 1.29 is 9.47 Å². The molecule has 0 aliphatic heterocycles. The number of hydrogen-bond donors (Lipinski definition) is 3. The fourth-order valence-electron chi connectivity index (χ4n) is 3.91. The number of methoxy groups -OCH3 is 1. The minimum Gasteiger partial charge on any atom is -0.497 e. The Morgan fingerprint density at radius 2 is 1.94 bits per heavy atom. The van der Waals surface area contributed by atoms with Gasteiger partial charge in [-0.3, -0.25) is 5.41 Å². The van der Waals surface area contributed by atoms with Crippen LogP contribution in [0.1, 0.15) is 25.0 Å². The average molecular weight is 450 g/mol. The first-order valence-electron chi connectivity index (χ1n) is 10.4. The Labute approximate surface area is 192 Å². The third kappa shape index (κ3) is 4.80. The molecule has 1 aliphatic rings. The maximum absolute atomic E-state index is 7.21. The maximum Gasteiger partial charge on any atom is 0.227 e. The number of thioether (sulfide) groups is 1. The van der Waals surface area contributed by atoms with Crippen molar-refractivity contribution in [2.45, 2.75) is 25.7 Å². The molecule has 0 unspecified atom stereocenters. The van der Waals surface area contributed by atoms with Gasteiger partial charge in [-0.1, -0.05) is 31.7 Å². The van der Waals surface area contributed by atoms with Crippen LogP contribution in [0.15, 0.2) is 48.7 Å². The molecule has 4 N–H and O–H groups in total. The molecule has 1 aromatic heterocycles. The number of fused-ring (bicyclic) bond motifs is 3. The molecule has 0 saturated carbocycles.